The first-order valence-corrected chi connectivity index (χ1v) is 9.93. The lowest BCUT2D eigenvalue weighted by atomic mass is 10.0. The maximum absolute atomic E-state index is 13.7. The highest BCUT2D eigenvalue weighted by Gasteiger charge is 2.23. The van der Waals surface area contributed by atoms with Gasteiger partial charge in [0.25, 0.3) is 0 Å². The molecule has 1 fully saturated rings. The van der Waals surface area contributed by atoms with Gasteiger partial charge in [0.05, 0.1) is 16.6 Å². The molecule has 5 nitrogen and oxygen atoms in total. The minimum Gasteiger partial charge on any atom is -0.306 e. The number of ketones is 1. The molecule has 1 N–H and O–H groups in total. The van der Waals surface area contributed by atoms with Crippen LogP contribution in [-0.2, 0) is 0 Å². The fourth-order valence-corrected chi connectivity index (χ4v) is 4.15. The molecule has 1 aliphatic rings. The third kappa shape index (κ3) is 4.15. The molecule has 3 aromatic rings. The van der Waals surface area contributed by atoms with Gasteiger partial charge in [-0.05, 0) is 50.1 Å². The molecule has 0 radical (unpaired) electrons. The van der Waals surface area contributed by atoms with Crippen molar-refractivity contribution in [3.8, 4) is 0 Å². The second-order valence-corrected chi connectivity index (χ2v) is 7.54. The number of halogens is 2. The lowest BCUT2D eigenvalue weighted by Crippen LogP contribution is -2.37. The van der Waals surface area contributed by atoms with Gasteiger partial charge >= 0.3 is 5.69 Å². The number of likely N-dealkylation sites (tertiary alicyclic amines) is 1. The van der Waals surface area contributed by atoms with Crippen LogP contribution < -0.4 is 5.69 Å². The zero-order valence-electron chi connectivity index (χ0n) is 16.0. The number of nitrogens with zero attached hydrogens (tertiary/aromatic N) is 2. The van der Waals surface area contributed by atoms with Crippen molar-refractivity contribution >= 4 is 16.8 Å². The number of hydrogen-bond donors (Lipinski definition) is 1. The van der Waals surface area contributed by atoms with Gasteiger partial charge in [-0.2, -0.15) is 0 Å². The summed E-state index contributed by atoms with van der Waals surface area (Å²) in [6, 6.07) is 10.9. The van der Waals surface area contributed by atoms with Crippen LogP contribution in [0.5, 0.6) is 0 Å². The molecule has 29 heavy (non-hydrogen) atoms. The molecule has 0 spiro atoms. The van der Waals surface area contributed by atoms with Gasteiger partial charge in [-0.15, -0.1) is 0 Å². The predicted molar refractivity (Wildman–Crippen MR) is 107 cm³/mol. The van der Waals surface area contributed by atoms with E-state index >= 15 is 0 Å². The average molecular weight is 397 g/mol. The van der Waals surface area contributed by atoms with Gasteiger partial charge in [-0.3, -0.25) is 9.36 Å². The van der Waals surface area contributed by atoms with Crippen molar-refractivity contribution in [1.29, 1.82) is 0 Å². The topological polar surface area (TPSA) is 58.1 Å². The van der Waals surface area contributed by atoms with Crippen molar-refractivity contribution in [3.63, 3.8) is 0 Å². The van der Waals surface area contributed by atoms with Crippen molar-refractivity contribution in [2.75, 3.05) is 19.6 Å². The maximum Gasteiger partial charge on any atom is 0.326 e. The lowest BCUT2D eigenvalue weighted by Gasteiger charge is -2.32. The van der Waals surface area contributed by atoms with E-state index in [1.54, 1.807) is 0 Å². The normalized spacial score (nSPS) is 15.8. The van der Waals surface area contributed by atoms with E-state index in [-0.39, 0.29) is 29.5 Å². The number of aromatic amines is 1. The smallest absolute Gasteiger partial charge is 0.306 e. The highest BCUT2D eigenvalue weighted by molar-refractivity contribution is 5.96. The molecule has 0 unspecified atom stereocenters. The van der Waals surface area contributed by atoms with Crippen LogP contribution in [0.15, 0.2) is 47.3 Å². The summed E-state index contributed by atoms with van der Waals surface area (Å²) in [4.78, 5) is 29.7. The molecular weight excluding hydrogens is 374 g/mol. The molecule has 1 aromatic heterocycles. The van der Waals surface area contributed by atoms with Crippen LogP contribution in [0.25, 0.3) is 11.0 Å². The Kier molecular flexibility index (Phi) is 5.58. The van der Waals surface area contributed by atoms with E-state index in [9.17, 15) is 18.4 Å². The van der Waals surface area contributed by atoms with Gasteiger partial charge in [0.1, 0.15) is 11.6 Å². The molecule has 0 aliphatic carbocycles. The first-order valence-electron chi connectivity index (χ1n) is 9.93. The molecule has 0 bridgehead atoms. The van der Waals surface area contributed by atoms with E-state index in [0.717, 1.165) is 55.6 Å². The fourth-order valence-electron chi connectivity index (χ4n) is 4.15. The molecule has 0 atom stereocenters. The van der Waals surface area contributed by atoms with Gasteiger partial charge < -0.3 is 9.88 Å². The number of carbonyl (C=O) groups is 1. The molecule has 1 aliphatic heterocycles. The van der Waals surface area contributed by atoms with E-state index in [2.05, 4.69) is 9.88 Å². The van der Waals surface area contributed by atoms with Gasteiger partial charge in [0, 0.05) is 31.6 Å². The second-order valence-electron chi connectivity index (χ2n) is 7.54. The molecule has 4 rings (SSSR count). The zero-order chi connectivity index (χ0) is 20.4. The van der Waals surface area contributed by atoms with E-state index in [4.69, 9.17) is 0 Å². The van der Waals surface area contributed by atoms with Crippen molar-refractivity contribution in [2.45, 2.75) is 31.7 Å². The minimum absolute atomic E-state index is 0.0520. The first-order chi connectivity index (χ1) is 14.0. The Morgan fingerprint density at radius 1 is 1.10 bits per heavy atom. The summed E-state index contributed by atoms with van der Waals surface area (Å²) in [5, 5.41) is 0. The Bertz CT molecular complexity index is 1080. The van der Waals surface area contributed by atoms with Crippen molar-refractivity contribution in [2.24, 2.45) is 0 Å². The number of imidazole rings is 1. The summed E-state index contributed by atoms with van der Waals surface area (Å²) in [6.07, 6.45) is 2.57. The Balaban J connectivity index is 1.29. The third-order valence-electron chi connectivity index (χ3n) is 5.66. The third-order valence-corrected chi connectivity index (χ3v) is 5.66. The second kappa shape index (κ2) is 8.29. The Morgan fingerprint density at radius 3 is 2.62 bits per heavy atom. The monoisotopic (exact) mass is 397 g/mol. The van der Waals surface area contributed by atoms with Crippen LogP contribution in [-0.4, -0.2) is 39.9 Å². The number of piperidine rings is 1. The van der Waals surface area contributed by atoms with Crippen LogP contribution in [0.2, 0.25) is 0 Å². The number of rotatable bonds is 6. The Morgan fingerprint density at radius 2 is 1.86 bits per heavy atom. The molecule has 1 saturated heterocycles. The van der Waals surface area contributed by atoms with E-state index in [0.29, 0.717) is 6.42 Å². The average Bonchev–Trinajstić information content (AvgIpc) is 3.04. The number of fused-ring (bicyclic) bond motifs is 1. The fraction of sp³-hybridized carbons (Fsp3) is 0.364. The zero-order valence-corrected chi connectivity index (χ0v) is 16.0. The molecule has 2 aromatic carbocycles. The molecule has 0 amide bonds. The first kappa shape index (κ1) is 19.5. The van der Waals surface area contributed by atoms with Gasteiger partial charge in [-0.1, -0.05) is 12.1 Å². The molecule has 0 saturated carbocycles. The number of Topliss-reactive ketones (excluding diaryl/α,β-unsaturated/α-hetero) is 1. The summed E-state index contributed by atoms with van der Waals surface area (Å²) in [6.45, 7) is 2.43. The van der Waals surface area contributed by atoms with E-state index in [1.165, 1.54) is 6.07 Å². The highest BCUT2D eigenvalue weighted by atomic mass is 18.2. The Labute approximate surface area is 167 Å². The van der Waals surface area contributed by atoms with Crippen molar-refractivity contribution in [3.05, 3.63) is 70.1 Å². The van der Waals surface area contributed by atoms with Crippen LogP contribution >= 0.6 is 0 Å². The largest absolute Gasteiger partial charge is 0.326 e. The standard InChI is InChI=1S/C22H23F2N3O2/c23-15-7-8-17(18(24)14-15)21(28)6-3-11-26-12-9-16(10-13-26)27-20-5-2-1-4-19(20)25-22(27)29/h1-2,4-5,7-8,14,16H,3,6,9-13H2,(H,25,29)/i23-1,24-1. The summed E-state index contributed by atoms with van der Waals surface area (Å²) >= 11 is 0. The van der Waals surface area contributed by atoms with Crippen LogP contribution in [0, 0.1) is 11.6 Å². The number of carbonyl (C=O) groups excluding carboxylic acids is 1. The number of para-hydroxylation sites is 2. The highest BCUT2D eigenvalue weighted by Crippen LogP contribution is 2.25. The number of hydrogen-bond acceptors (Lipinski definition) is 3. The number of aromatic nitrogens is 2. The summed E-state index contributed by atoms with van der Waals surface area (Å²) in [7, 11) is 0. The maximum atomic E-state index is 13.7. The van der Waals surface area contributed by atoms with Gasteiger partial charge in [0.2, 0.25) is 0 Å². The summed E-state index contributed by atoms with van der Waals surface area (Å²) < 4.78 is 28.5. The quantitative estimate of drug-likeness (QED) is 0.642. The van der Waals surface area contributed by atoms with Crippen LogP contribution in [0.4, 0.5) is 8.78 Å². The summed E-state index contributed by atoms with van der Waals surface area (Å²) in [5.74, 6) is -1.79. The SMILES string of the molecule is O=C(CCCN1CCC(n2c(=O)[nH]c3ccccc32)CC1)c1ccc([18F])cc1[18F]. The van der Waals surface area contributed by atoms with Gasteiger partial charge in [-0.25, -0.2) is 13.6 Å². The molecular formula is C22H23F2N3O2. The lowest BCUT2D eigenvalue weighted by molar-refractivity contribution is 0.0966. The van der Waals surface area contributed by atoms with Crippen LogP contribution in [0.3, 0.4) is 0 Å². The van der Waals surface area contributed by atoms with E-state index in [1.807, 2.05) is 28.8 Å². The van der Waals surface area contributed by atoms with Crippen molar-refractivity contribution in [1.82, 2.24) is 14.5 Å². The molecule has 2 heterocycles. The molecule has 152 valence electrons. The van der Waals surface area contributed by atoms with E-state index < -0.39 is 11.6 Å². The van der Waals surface area contributed by atoms with Crippen molar-refractivity contribution < 1.29 is 13.6 Å². The summed E-state index contributed by atoms with van der Waals surface area (Å²) in [5.41, 5.74) is 1.66. The number of benzene rings is 2. The number of H-pyrrole nitrogens is 1. The minimum atomic E-state index is -0.806. The Hall–Kier alpha value is -2.80. The van der Waals surface area contributed by atoms with Gasteiger partial charge in [0.15, 0.2) is 5.78 Å². The molecule has 7 heteroatoms. The van der Waals surface area contributed by atoms with Crippen LogP contribution in [0.1, 0.15) is 42.1 Å². The predicted octanol–water partition coefficient (Wildman–Crippen LogP) is 3.91. The number of nitrogens with one attached hydrogen (secondary N) is 1.